The minimum atomic E-state index is 0.362. The average molecular weight is 209 g/mol. The molecule has 1 rings (SSSR count). The van der Waals surface area contributed by atoms with Gasteiger partial charge in [-0.2, -0.15) is 5.26 Å². The molecule has 0 saturated carbocycles. The number of hydrogen-bond donors (Lipinski definition) is 1. The van der Waals surface area contributed by atoms with Crippen molar-refractivity contribution >= 4 is 17.3 Å². The standard InChI is InChI=1S/C10H9ClN2O/c1-14-10-6-7(11)2-3-8(10)9(13)4-5-12/h2-4,6H,13H2,1H3/b9-4-. The molecule has 0 saturated heterocycles. The molecule has 0 atom stereocenters. The lowest BCUT2D eigenvalue weighted by molar-refractivity contribution is 0.413. The summed E-state index contributed by atoms with van der Waals surface area (Å²) in [5.41, 5.74) is 6.67. The van der Waals surface area contributed by atoms with Gasteiger partial charge in [0.05, 0.1) is 18.9 Å². The molecule has 1 aromatic rings. The van der Waals surface area contributed by atoms with Gasteiger partial charge in [0.25, 0.3) is 0 Å². The molecular formula is C10H9ClN2O. The maximum Gasteiger partial charge on any atom is 0.129 e. The number of methoxy groups -OCH3 is 1. The third-order valence-corrected chi connectivity index (χ3v) is 1.93. The molecule has 0 fully saturated rings. The number of hydrogen-bond acceptors (Lipinski definition) is 3. The quantitative estimate of drug-likeness (QED) is 0.758. The van der Waals surface area contributed by atoms with Crippen molar-refractivity contribution in [2.45, 2.75) is 0 Å². The van der Waals surface area contributed by atoms with Crippen molar-refractivity contribution in [3.05, 3.63) is 34.9 Å². The summed E-state index contributed by atoms with van der Waals surface area (Å²) >= 11 is 5.77. The van der Waals surface area contributed by atoms with Crippen LogP contribution in [0.2, 0.25) is 5.02 Å². The van der Waals surface area contributed by atoms with Crippen LogP contribution in [-0.2, 0) is 0 Å². The highest BCUT2D eigenvalue weighted by molar-refractivity contribution is 6.30. The highest BCUT2D eigenvalue weighted by Crippen LogP contribution is 2.26. The maximum absolute atomic E-state index is 8.44. The van der Waals surface area contributed by atoms with Gasteiger partial charge in [0.2, 0.25) is 0 Å². The zero-order valence-electron chi connectivity index (χ0n) is 7.62. The molecule has 2 N–H and O–H groups in total. The number of nitriles is 1. The summed E-state index contributed by atoms with van der Waals surface area (Å²) in [6, 6.07) is 6.91. The fourth-order valence-corrected chi connectivity index (χ4v) is 1.21. The van der Waals surface area contributed by atoms with Gasteiger partial charge in [-0.25, -0.2) is 0 Å². The first-order valence-electron chi connectivity index (χ1n) is 3.88. The Morgan fingerprint density at radius 1 is 1.64 bits per heavy atom. The first-order valence-corrected chi connectivity index (χ1v) is 4.26. The second-order valence-electron chi connectivity index (χ2n) is 2.57. The predicted molar refractivity (Wildman–Crippen MR) is 55.8 cm³/mol. The Balaban J connectivity index is 3.22. The lowest BCUT2D eigenvalue weighted by Crippen LogP contribution is -1.99. The molecule has 72 valence electrons. The molecule has 0 heterocycles. The van der Waals surface area contributed by atoms with Crippen molar-refractivity contribution in [3.63, 3.8) is 0 Å². The third kappa shape index (κ3) is 2.18. The Bertz CT molecular complexity index is 407. The number of benzene rings is 1. The van der Waals surface area contributed by atoms with Crippen LogP contribution in [0, 0.1) is 11.3 Å². The molecule has 0 radical (unpaired) electrons. The molecule has 0 aliphatic carbocycles. The van der Waals surface area contributed by atoms with Crippen LogP contribution >= 0.6 is 11.6 Å². The first kappa shape index (κ1) is 10.4. The van der Waals surface area contributed by atoms with Crippen molar-refractivity contribution in [2.75, 3.05) is 7.11 Å². The van der Waals surface area contributed by atoms with E-state index >= 15 is 0 Å². The smallest absolute Gasteiger partial charge is 0.129 e. The van der Waals surface area contributed by atoms with E-state index in [1.807, 2.05) is 6.07 Å². The van der Waals surface area contributed by atoms with Gasteiger partial charge in [0.1, 0.15) is 5.75 Å². The van der Waals surface area contributed by atoms with E-state index < -0.39 is 0 Å². The molecule has 0 aliphatic rings. The van der Waals surface area contributed by atoms with Crippen molar-refractivity contribution in [3.8, 4) is 11.8 Å². The summed E-state index contributed by atoms with van der Waals surface area (Å²) in [5.74, 6) is 0.557. The third-order valence-electron chi connectivity index (χ3n) is 1.69. The van der Waals surface area contributed by atoms with Crippen LogP contribution in [0.1, 0.15) is 5.56 Å². The first-order chi connectivity index (χ1) is 6.69. The molecule has 3 nitrogen and oxygen atoms in total. The minimum Gasteiger partial charge on any atom is -0.496 e. The van der Waals surface area contributed by atoms with Gasteiger partial charge < -0.3 is 10.5 Å². The summed E-state index contributed by atoms with van der Waals surface area (Å²) in [4.78, 5) is 0. The number of allylic oxidation sites excluding steroid dienone is 1. The highest BCUT2D eigenvalue weighted by atomic mass is 35.5. The molecule has 0 aliphatic heterocycles. The zero-order chi connectivity index (χ0) is 10.6. The molecule has 0 unspecified atom stereocenters. The SMILES string of the molecule is COc1cc(Cl)ccc1/C(N)=C/C#N. The summed E-state index contributed by atoms with van der Waals surface area (Å²) in [6.07, 6.45) is 1.26. The lowest BCUT2D eigenvalue weighted by Gasteiger charge is -2.07. The molecule has 0 spiro atoms. The van der Waals surface area contributed by atoms with E-state index in [0.717, 1.165) is 0 Å². The van der Waals surface area contributed by atoms with Crippen LogP contribution in [0.3, 0.4) is 0 Å². The van der Waals surface area contributed by atoms with Gasteiger partial charge in [-0.3, -0.25) is 0 Å². The van der Waals surface area contributed by atoms with Gasteiger partial charge in [-0.15, -0.1) is 0 Å². The van der Waals surface area contributed by atoms with Crippen LogP contribution < -0.4 is 10.5 Å². The van der Waals surface area contributed by atoms with Crippen LogP contribution in [0.4, 0.5) is 0 Å². The Labute approximate surface area is 87.4 Å². The van der Waals surface area contributed by atoms with E-state index in [0.29, 0.717) is 22.0 Å². The predicted octanol–water partition coefficient (Wildman–Crippen LogP) is 2.17. The van der Waals surface area contributed by atoms with E-state index in [1.165, 1.54) is 13.2 Å². The van der Waals surface area contributed by atoms with E-state index in [-0.39, 0.29) is 0 Å². The molecular weight excluding hydrogens is 200 g/mol. The number of ether oxygens (including phenoxy) is 1. The molecule has 0 amide bonds. The Hall–Kier alpha value is -1.66. The van der Waals surface area contributed by atoms with E-state index in [4.69, 9.17) is 27.3 Å². The summed E-state index contributed by atoms with van der Waals surface area (Å²) < 4.78 is 5.08. The normalized spacial score (nSPS) is 10.8. The Morgan fingerprint density at radius 2 is 2.36 bits per heavy atom. The van der Waals surface area contributed by atoms with Crippen molar-refractivity contribution in [1.29, 1.82) is 5.26 Å². The van der Waals surface area contributed by atoms with Crippen LogP contribution in [0.5, 0.6) is 5.75 Å². The van der Waals surface area contributed by atoms with Gasteiger partial charge in [-0.1, -0.05) is 11.6 Å². The summed E-state index contributed by atoms with van der Waals surface area (Å²) in [5, 5.41) is 9.01. The summed E-state index contributed by atoms with van der Waals surface area (Å²) in [6.45, 7) is 0. The Kier molecular flexibility index (Phi) is 3.38. The minimum absolute atomic E-state index is 0.362. The largest absolute Gasteiger partial charge is 0.496 e. The molecule has 0 aromatic heterocycles. The number of rotatable bonds is 2. The monoisotopic (exact) mass is 208 g/mol. The van der Waals surface area contributed by atoms with Gasteiger partial charge in [0.15, 0.2) is 0 Å². The molecule has 4 heteroatoms. The van der Waals surface area contributed by atoms with Gasteiger partial charge in [0, 0.05) is 16.7 Å². The van der Waals surface area contributed by atoms with E-state index in [1.54, 1.807) is 18.2 Å². The number of nitrogens with zero attached hydrogens (tertiary/aromatic N) is 1. The van der Waals surface area contributed by atoms with Gasteiger partial charge >= 0.3 is 0 Å². The topological polar surface area (TPSA) is 59.0 Å². The maximum atomic E-state index is 8.44. The molecule has 14 heavy (non-hydrogen) atoms. The van der Waals surface area contributed by atoms with Crippen molar-refractivity contribution in [2.24, 2.45) is 5.73 Å². The number of nitrogens with two attached hydrogens (primary N) is 1. The lowest BCUT2D eigenvalue weighted by atomic mass is 10.1. The fourth-order valence-electron chi connectivity index (χ4n) is 1.05. The van der Waals surface area contributed by atoms with Gasteiger partial charge in [-0.05, 0) is 18.2 Å². The number of halogens is 1. The summed E-state index contributed by atoms with van der Waals surface area (Å²) in [7, 11) is 1.52. The van der Waals surface area contributed by atoms with Crippen LogP contribution in [0.25, 0.3) is 5.70 Å². The average Bonchev–Trinajstić information content (AvgIpc) is 2.17. The van der Waals surface area contributed by atoms with E-state index in [2.05, 4.69) is 0 Å². The van der Waals surface area contributed by atoms with E-state index in [9.17, 15) is 0 Å². The fraction of sp³-hybridized carbons (Fsp3) is 0.100. The zero-order valence-corrected chi connectivity index (χ0v) is 8.38. The molecule has 1 aromatic carbocycles. The highest BCUT2D eigenvalue weighted by Gasteiger charge is 2.05. The second-order valence-corrected chi connectivity index (χ2v) is 3.01. The van der Waals surface area contributed by atoms with Crippen molar-refractivity contribution < 1.29 is 4.74 Å². The van der Waals surface area contributed by atoms with Crippen LogP contribution in [0.15, 0.2) is 24.3 Å². The second kappa shape index (κ2) is 4.54. The van der Waals surface area contributed by atoms with Crippen molar-refractivity contribution in [1.82, 2.24) is 0 Å². The Morgan fingerprint density at radius 3 is 2.93 bits per heavy atom. The molecule has 0 bridgehead atoms. The van der Waals surface area contributed by atoms with Crippen LogP contribution in [-0.4, -0.2) is 7.11 Å².